The molecule has 0 aromatic heterocycles. The Kier molecular flexibility index (Phi) is 5.28. The Morgan fingerprint density at radius 2 is 2.10 bits per heavy atom. The van der Waals surface area contributed by atoms with Crippen molar-refractivity contribution in [2.45, 2.75) is 19.2 Å². The van der Waals surface area contributed by atoms with Gasteiger partial charge in [0, 0.05) is 17.7 Å². The lowest BCUT2D eigenvalue weighted by Crippen LogP contribution is -2.19. The predicted molar refractivity (Wildman–Crippen MR) is 61.2 cm³/mol. The zero-order valence-electron chi connectivity index (χ0n) is 10.4. The van der Waals surface area contributed by atoms with Crippen molar-refractivity contribution in [2.24, 2.45) is 0 Å². The first-order valence-corrected chi connectivity index (χ1v) is 5.44. The normalized spacial score (nSPS) is 13.1. The zero-order chi connectivity index (χ0) is 15.3. The molecule has 1 aromatic carbocycles. The van der Waals surface area contributed by atoms with E-state index in [1.807, 2.05) is 0 Å². The minimum absolute atomic E-state index is 0.0211. The molecule has 1 aromatic rings. The summed E-state index contributed by atoms with van der Waals surface area (Å²) in [5.41, 5.74) is -0.167. The number of aliphatic hydroxyl groups excluding tert-OH is 1. The van der Waals surface area contributed by atoms with Gasteiger partial charge >= 0.3 is 6.18 Å². The van der Waals surface area contributed by atoms with Crippen LogP contribution in [0.2, 0.25) is 0 Å². The summed E-state index contributed by atoms with van der Waals surface area (Å²) in [7, 11) is 0. The largest absolute Gasteiger partial charge is 0.467 e. The van der Waals surface area contributed by atoms with Crippen molar-refractivity contribution < 1.29 is 32.7 Å². The molecule has 0 radical (unpaired) electrons. The van der Waals surface area contributed by atoms with Crippen LogP contribution in [0.1, 0.15) is 18.6 Å². The predicted octanol–water partition coefficient (Wildman–Crippen LogP) is 2.56. The minimum Gasteiger partial charge on any atom is -0.467 e. The topological polar surface area (TPSA) is 81.8 Å². The van der Waals surface area contributed by atoms with Crippen molar-refractivity contribution in [3.8, 4) is 5.75 Å². The van der Waals surface area contributed by atoms with Gasteiger partial charge in [0.05, 0.1) is 11.0 Å². The second kappa shape index (κ2) is 6.53. The fourth-order valence-electron chi connectivity index (χ4n) is 1.37. The summed E-state index contributed by atoms with van der Waals surface area (Å²) in [6, 6.07) is 3.39. The number of nitrogens with zero attached hydrogens (tertiary/aromatic N) is 1. The number of alkyl halides is 3. The molecule has 0 spiro atoms. The Bertz CT molecular complexity index is 476. The van der Waals surface area contributed by atoms with Crippen molar-refractivity contribution in [1.29, 1.82) is 0 Å². The highest BCUT2D eigenvalue weighted by atomic mass is 19.4. The molecular formula is C11H12F3NO5. The first-order chi connectivity index (χ1) is 9.20. The summed E-state index contributed by atoms with van der Waals surface area (Å²) < 4.78 is 44.7. The van der Waals surface area contributed by atoms with Gasteiger partial charge in [-0.05, 0) is 13.0 Å². The van der Waals surface area contributed by atoms with Gasteiger partial charge < -0.3 is 14.6 Å². The number of benzene rings is 1. The molecular weight excluding hydrogens is 283 g/mol. The molecule has 112 valence electrons. The standard InChI is InChI=1S/C11H12F3NO5/c1-7(16)9-4-8(15(17)18)2-3-10(9)20-6-19-5-11(12,13)14/h2-4,7,16H,5-6H2,1H3/t7-/m1/s1. The van der Waals surface area contributed by atoms with Crippen molar-refractivity contribution in [2.75, 3.05) is 13.4 Å². The maximum atomic E-state index is 11.8. The first-order valence-electron chi connectivity index (χ1n) is 5.44. The molecule has 0 aliphatic carbocycles. The fourth-order valence-corrected chi connectivity index (χ4v) is 1.37. The van der Waals surface area contributed by atoms with Crippen LogP contribution in [0.15, 0.2) is 18.2 Å². The van der Waals surface area contributed by atoms with Crippen LogP contribution in [-0.4, -0.2) is 29.6 Å². The van der Waals surface area contributed by atoms with Crippen LogP contribution >= 0.6 is 0 Å². The van der Waals surface area contributed by atoms with E-state index in [4.69, 9.17) is 4.74 Å². The molecule has 0 saturated heterocycles. The maximum Gasteiger partial charge on any atom is 0.411 e. The van der Waals surface area contributed by atoms with Crippen LogP contribution in [0, 0.1) is 10.1 Å². The van der Waals surface area contributed by atoms with Gasteiger partial charge in [-0.15, -0.1) is 0 Å². The van der Waals surface area contributed by atoms with E-state index in [1.54, 1.807) is 0 Å². The van der Waals surface area contributed by atoms with E-state index in [0.29, 0.717) is 0 Å². The lowest BCUT2D eigenvalue weighted by atomic mass is 10.1. The first kappa shape index (κ1) is 16.2. The average molecular weight is 295 g/mol. The number of aliphatic hydroxyl groups is 1. The number of hydrogen-bond donors (Lipinski definition) is 1. The average Bonchev–Trinajstić information content (AvgIpc) is 2.33. The van der Waals surface area contributed by atoms with Gasteiger partial charge in [0.15, 0.2) is 6.79 Å². The van der Waals surface area contributed by atoms with Crippen LogP contribution in [0.4, 0.5) is 18.9 Å². The molecule has 1 rings (SSSR count). The Balaban J connectivity index is 2.72. The summed E-state index contributed by atoms with van der Waals surface area (Å²) >= 11 is 0. The summed E-state index contributed by atoms with van der Waals surface area (Å²) in [4.78, 5) is 9.93. The second-order valence-electron chi connectivity index (χ2n) is 3.88. The van der Waals surface area contributed by atoms with Gasteiger partial charge in [-0.1, -0.05) is 0 Å². The third-order valence-electron chi connectivity index (χ3n) is 2.22. The van der Waals surface area contributed by atoms with Gasteiger partial charge in [-0.25, -0.2) is 0 Å². The number of nitro groups is 1. The molecule has 0 aliphatic rings. The van der Waals surface area contributed by atoms with E-state index < -0.39 is 30.6 Å². The third-order valence-corrected chi connectivity index (χ3v) is 2.22. The molecule has 1 atom stereocenters. The minimum atomic E-state index is -4.47. The molecule has 0 saturated carbocycles. The molecule has 0 aliphatic heterocycles. The van der Waals surface area contributed by atoms with E-state index in [-0.39, 0.29) is 17.0 Å². The number of rotatable bonds is 6. The number of nitro benzene ring substituents is 1. The Labute approximate surface area is 111 Å². The summed E-state index contributed by atoms with van der Waals surface area (Å²) in [6.07, 6.45) is -5.54. The summed E-state index contributed by atoms with van der Waals surface area (Å²) in [6.45, 7) is -0.802. The Hall–Kier alpha value is -1.87. The fraction of sp³-hybridized carbons (Fsp3) is 0.455. The number of ether oxygens (including phenoxy) is 2. The Morgan fingerprint density at radius 3 is 2.60 bits per heavy atom. The van der Waals surface area contributed by atoms with E-state index in [1.165, 1.54) is 13.0 Å². The van der Waals surface area contributed by atoms with Crippen LogP contribution in [0.25, 0.3) is 0 Å². The van der Waals surface area contributed by atoms with Gasteiger partial charge in [0.2, 0.25) is 0 Å². The second-order valence-corrected chi connectivity index (χ2v) is 3.88. The number of non-ortho nitro benzene ring substituents is 1. The molecule has 0 bridgehead atoms. The van der Waals surface area contributed by atoms with Crippen molar-refractivity contribution in [3.63, 3.8) is 0 Å². The quantitative estimate of drug-likeness (QED) is 0.377. The zero-order valence-corrected chi connectivity index (χ0v) is 10.4. The number of halogens is 3. The Morgan fingerprint density at radius 1 is 1.45 bits per heavy atom. The van der Waals surface area contributed by atoms with Crippen LogP contribution in [0.5, 0.6) is 5.75 Å². The SMILES string of the molecule is C[C@@H](O)c1cc([N+](=O)[O-])ccc1OCOCC(F)(F)F. The third kappa shape index (κ3) is 5.02. The highest BCUT2D eigenvalue weighted by molar-refractivity contribution is 5.44. The molecule has 1 N–H and O–H groups in total. The highest BCUT2D eigenvalue weighted by Gasteiger charge is 2.27. The van der Waals surface area contributed by atoms with Crippen LogP contribution < -0.4 is 4.74 Å². The van der Waals surface area contributed by atoms with Crippen LogP contribution in [0.3, 0.4) is 0 Å². The van der Waals surface area contributed by atoms with Gasteiger partial charge in [0.1, 0.15) is 12.4 Å². The van der Waals surface area contributed by atoms with Crippen LogP contribution in [-0.2, 0) is 4.74 Å². The molecule has 20 heavy (non-hydrogen) atoms. The smallest absolute Gasteiger partial charge is 0.411 e. The molecule has 0 unspecified atom stereocenters. The van der Waals surface area contributed by atoms with E-state index >= 15 is 0 Å². The van der Waals surface area contributed by atoms with Gasteiger partial charge in [-0.2, -0.15) is 13.2 Å². The molecule has 0 amide bonds. The van der Waals surface area contributed by atoms with E-state index in [0.717, 1.165) is 12.1 Å². The van der Waals surface area contributed by atoms with Crippen molar-refractivity contribution in [1.82, 2.24) is 0 Å². The van der Waals surface area contributed by atoms with E-state index in [2.05, 4.69) is 4.74 Å². The van der Waals surface area contributed by atoms with E-state index in [9.17, 15) is 28.4 Å². The molecule has 0 fully saturated rings. The summed E-state index contributed by atoms with van der Waals surface area (Å²) in [5, 5.41) is 20.1. The van der Waals surface area contributed by atoms with Crippen molar-refractivity contribution >= 4 is 5.69 Å². The van der Waals surface area contributed by atoms with Gasteiger partial charge in [-0.3, -0.25) is 10.1 Å². The molecule has 0 heterocycles. The molecule has 6 nitrogen and oxygen atoms in total. The van der Waals surface area contributed by atoms with Crippen molar-refractivity contribution in [3.05, 3.63) is 33.9 Å². The lowest BCUT2D eigenvalue weighted by Gasteiger charge is -2.14. The number of hydrogen-bond acceptors (Lipinski definition) is 5. The lowest BCUT2D eigenvalue weighted by molar-refractivity contribution is -0.385. The maximum absolute atomic E-state index is 11.8. The monoisotopic (exact) mass is 295 g/mol. The van der Waals surface area contributed by atoms with Gasteiger partial charge in [0.25, 0.3) is 5.69 Å². The molecule has 9 heteroatoms. The highest BCUT2D eigenvalue weighted by Crippen LogP contribution is 2.29. The summed E-state index contributed by atoms with van der Waals surface area (Å²) in [5.74, 6) is 0.0211.